The fourth-order valence-corrected chi connectivity index (χ4v) is 0.816. The van der Waals surface area contributed by atoms with Gasteiger partial charge in [-0.15, -0.1) is 0 Å². The summed E-state index contributed by atoms with van der Waals surface area (Å²) in [5, 5.41) is 16.6. The van der Waals surface area contributed by atoms with Crippen LogP contribution in [0.15, 0.2) is 24.0 Å². The van der Waals surface area contributed by atoms with Crippen LogP contribution in [0.5, 0.6) is 0 Å². The number of hydrogen-bond acceptors (Lipinski definition) is 7. The highest BCUT2D eigenvalue weighted by Gasteiger charge is 2.35. The Bertz CT molecular complexity index is 296. The van der Waals surface area contributed by atoms with Crippen molar-refractivity contribution in [2.75, 3.05) is 13.6 Å². The number of carbonyl (C=O) groups excluding carboxylic acids is 2. The molecule has 2 N–H and O–H groups in total. The van der Waals surface area contributed by atoms with E-state index in [0.29, 0.717) is 0 Å². The summed E-state index contributed by atoms with van der Waals surface area (Å²) >= 11 is 0. The molecule has 15 heavy (non-hydrogen) atoms. The molecule has 0 radical (unpaired) electrons. The molecule has 0 saturated carbocycles. The van der Waals surface area contributed by atoms with Crippen molar-refractivity contribution in [2.45, 2.75) is 0 Å². The van der Waals surface area contributed by atoms with Crippen LogP contribution in [-0.4, -0.2) is 35.4 Å². The van der Waals surface area contributed by atoms with E-state index in [9.17, 15) is 9.59 Å². The molecule has 1 saturated heterocycles. The maximum absolute atomic E-state index is 11.1. The summed E-state index contributed by atoms with van der Waals surface area (Å²) in [5.41, 5.74) is 0. The summed E-state index contributed by atoms with van der Waals surface area (Å²) in [5.74, 6) is -2.50. The SMILES string of the molecule is O=C1C(=O)/C(=C\OCO)O/C1=C/OCO. The molecule has 0 aromatic carbocycles. The van der Waals surface area contributed by atoms with Crippen molar-refractivity contribution >= 4 is 11.6 Å². The molecule has 1 aliphatic heterocycles. The molecule has 7 heteroatoms. The number of Topliss-reactive ketones (excluding diaryl/α,β-unsaturated/α-hetero) is 2. The van der Waals surface area contributed by atoms with Gasteiger partial charge in [0, 0.05) is 0 Å². The molecule has 7 nitrogen and oxygen atoms in total. The zero-order chi connectivity index (χ0) is 11.3. The molecule has 1 rings (SSSR count). The van der Waals surface area contributed by atoms with Crippen LogP contribution in [0.4, 0.5) is 0 Å². The lowest BCUT2D eigenvalue weighted by Crippen LogP contribution is -2.07. The normalized spacial score (nSPS) is 20.9. The first-order chi connectivity index (χ1) is 7.20. The maximum atomic E-state index is 11.1. The molecule has 0 unspecified atom stereocenters. The zero-order valence-electron chi connectivity index (χ0n) is 7.50. The van der Waals surface area contributed by atoms with Crippen molar-refractivity contribution in [2.24, 2.45) is 0 Å². The van der Waals surface area contributed by atoms with E-state index in [4.69, 9.17) is 14.9 Å². The minimum absolute atomic E-state index is 0.346. The van der Waals surface area contributed by atoms with E-state index in [1.807, 2.05) is 0 Å². The maximum Gasteiger partial charge on any atom is 0.275 e. The number of aliphatic hydroxyl groups is 2. The van der Waals surface area contributed by atoms with Gasteiger partial charge in [0.05, 0.1) is 0 Å². The van der Waals surface area contributed by atoms with Crippen molar-refractivity contribution in [3.63, 3.8) is 0 Å². The van der Waals surface area contributed by atoms with Crippen LogP contribution in [0, 0.1) is 0 Å². The first-order valence-electron chi connectivity index (χ1n) is 3.83. The highest BCUT2D eigenvalue weighted by Crippen LogP contribution is 2.19. The summed E-state index contributed by atoms with van der Waals surface area (Å²) in [7, 11) is 0. The van der Waals surface area contributed by atoms with Crippen molar-refractivity contribution in [3.05, 3.63) is 24.0 Å². The summed E-state index contributed by atoms with van der Waals surface area (Å²) < 4.78 is 13.5. The van der Waals surface area contributed by atoms with Crippen LogP contribution in [0.1, 0.15) is 0 Å². The van der Waals surface area contributed by atoms with Gasteiger partial charge < -0.3 is 24.4 Å². The van der Waals surface area contributed by atoms with Gasteiger partial charge in [0.25, 0.3) is 11.6 Å². The molecule has 82 valence electrons. The first-order valence-corrected chi connectivity index (χ1v) is 3.83. The van der Waals surface area contributed by atoms with Crippen molar-refractivity contribution < 1.29 is 34.0 Å². The molecule has 1 aliphatic rings. The molecule has 0 aliphatic carbocycles. The van der Waals surface area contributed by atoms with Crippen LogP contribution >= 0.6 is 0 Å². The third kappa shape index (κ3) is 2.55. The monoisotopic (exact) mass is 216 g/mol. The lowest BCUT2D eigenvalue weighted by molar-refractivity contribution is -0.131. The van der Waals surface area contributed by atoms with Crippen molar-refractivity contribution in [1.29, 1.82) is 0 Å². The quantitative estimate of drug-likeness (QED) is 0.262. The van der Waals surface area contributed by atoms with E-state index in [1.165, 1.54) is 0 Å². The fourth-order valence-electron chi connectivity index (χ4n) is 0.816. The number of allylic oxidation sites excluding steroid dienone is 2. The van der Waals surface area contributed by atoms with Gasteiger partial charge >= 0.3 is 0 Å². The predicted molar refractivity (Wildman–Crippen MR) is 43.6 cm³/mol. The zero-order valence-corrected chi connectivity index (χ0v) is 7.50. The minimum Gasteiger partial charge on any atom is -0.471 e. The summed E-state index contributed by atoms with van der Waals surface area (Å²) in [6, 6.07) is 0. The number of rotatable bonds is 4. The second-order valence-electron chi connectivity index (χ2n) is 2.32. The first kappa shape index (κ1) is 11.2. The summed E-state index contributed by atoms with van der Waals surface area (Å²) in [6.07, 6.45) is 1.64. The lowest BCUT2D eigenvalue weighted by Gasteiger charge is -1.97. The Kier molecular flexibility index (Phi) is 3.83. The predicted octanol–water partition coefficient (Wildman–Crippen LogP) is -1.23. The van der Waals surface area contributed by atoms with Gasteiger partial charge in [0.15, 0.2) is 13.6 Å². The summed E-state index contributed by atoms with van der Waals surface area (Å²) in [4.78, 5) is 22.2. The molecule has 0 aromatic rings. The number of ether oxygens (including phenoxy) is 3. The van der Waals surface area contributed by atoms with Gasteiger partial charge in [0.2, 0.25) is 11.5 Å². The molecule has 0 amide bonds. The van der Waals surface area contributed by atoms with Gasteiger partial charge in [-0.2, -0.15) is 0 Å². The second-order valence-corrected chi connectivity index (χ2v) is 2.32. The molecule has 0 atom stereocenters. The largest absolute Gasteiger partial charge is 0.471 e. The van der Waals surface area contributed by atoms with Gasteiger partial charge in [0.1, 0.15) is 12.5 Å². The smallest absolute Gasteiger partial charge is 0.275 e. The van der Waals surface area contributed by atoms with Gasteiger partial charge in [-0.3, -0.25) is 9.59 Å². The van der Waals surface area contributed by atoms with E-state index in [1.54, 1.807) is 0 Å². The van der Waals surface area contributed by atoms with Crippen LogP contribution < -0.4 is 0 Å². The Hall–Kier alpha value is -1.86. The molecular formula is C8H8O7. The average Bonchev–Trinajstić information content (AvgIpc) is 2.51. The van der Waals surface area contributed by atoms with Crippen LogP contribution in [0.2, 0.25) is 0 Å². The second kappa shape index (κ2) is 5.13. The average molecular weight is 216 g/mol. The lowest BCUT2D eigenvalue weighted by atomic mass is 10.2. The van der Waals surface area contributed by atoms with Crippen LogP contribution in [-0.2, 0) is 23.8 Å². The number of hydrogen-bond donors (Lipinski definition) is 2. The Morgan fingerprint density at radius 2 is 1.40 bits per heavy atom. The number of carbonyl (C=O) groups is 2. The Balaban J connectivity index is 2.76. The Morgan fingerprint density at radius 3 is 1.73 bits per heavy atom. The van der Waals surface area contributed by atoms with E-state index >= 15 is 0 Å². The minimum atomic E-state index is -0.906. The van der Waals surface area contributed by atoms with Gasteiger partial charge in [-0.1, -0.05) is 0 Å². The standard InChI is InChI=1S/C8H8O7/c9-3-13-1-5-7(11)8(12)6(15-5)2-14-4-10/h1-2,9-10H,3-4H2/b5-1+,6-2+. The molecule has 0 aromatic heterocycles. The Morgan fingerprint density at radius 1 is 1.00 bits per heavy atom. The third-order valence-electron chi connectivity index (χ3n) is 1.40. The summed E-state index contributed by atoms with van der Waals surface area (Å²) in [6.45, 7) is -1.28. The molecular weight excluding hydrogens is 208 g/mol. The third-order valence-corrected chi connectivity index (χ3v) is 1.40. The van der Waals surface area contributed by atoms with Crippen molar-refractivity contribution in [3.8, 4) is 0 Å². The van der Waals surface area contributed by atoms with E-state index in [0.717, 1.165) is 12.5 Å². The van der Waals surface area contributed by atoms with E-state index < -0.39 is 25.2 Å². The fraction of sp³-hybridized carbons (Fsp3) is 0.250. The van der Waals surface area contributed by atoms with Crippen LogP contribution in [0.25, 0.3) is 0 Å². The number of aliphatic hydroxyl groups excluding tert-OH is 2. The molecule has 1 fully saturated rings. The van der Waals surface area contributed by atoms with E-state index in [-0.39, 0.29) is 11.5 Å². The number of ketones is 2. The van der Waals surface area contributed by atoms with E-state index in [2.05, 4.69) is 9.47 Å². The topological polar surface area (TPSA) is 102 Å². The molecule has 0 bridgehead atoms. The highest BCUT2D eigenvalue weighted by atomic mass is 16.6. The molecule has 1 heterocycles. The van der Waals surface area contributed by atoms with Gasteiger partial charge in [-0.05, 0) is 0 Å². The van der Waals surface area contributed by atoms with Crippen molar-refractivity contribution in [1.82, 2.24) is 0 Å². The highest BCUT2D eigenvalue weighted by molar-refractivity contribution is 6.50. The van der Waals surface area contributed by atoms with Gasteiger partial charge in [-0.25, -0.2) is 0 Å². The Labute approximate surface area is 84.2 Å². The molecule has 0 spiro atoms. The van der Waals surface area contributed by atoms with Crippen LogP contribution in [0.3, 0.4) is 0 Å².